The molecular weight excluding hydrogens is 639 g/mol. The topological polar surface area (TPSA) is 131 Å². The van der Waals surface area contributed by atoms with Crippen molar-refractivity contribution in [1.29, 1.82) is 0 Å². The molecule has 0 amide bonds. The third-order valence-corrected chi connectivity index (χ3v) is 7.73. The molecule has 1 fully saturated rings. The van der Waals surface area contributed by atoms with Crippen LogP contribution in [0, 0.1) is 51.6 Å². The fraction of sp³-hybridized carbons (Fsp3) is 0.545. The van der Waals surface area contributed by atoms with E-state index in [1.807, 2.05) is 31.7 Å². The van der Waals surface area contributed by atoms with Crippen molar-refractivity contribution in [2.75, 3.05) is 0 Å². The molecule has 42 heavy (non-hydrogen) atoms. The first kappa shape index (κ1) is 44.8. The maximum absolute atomic E-state index is 12.5. The predicted octanol–water partition coefficient (Wildman–Crippen LogP) is 8.05. The molecule has 1 N–H and O–H groups in total. The number of Topliss-reactive ketones (excluding diaryl/α,β-unsaturated/α-hetero) is 2. The molecule has 1 aliphatic carbocycles. The second-order valence-electron chi connectivity index (χ2n) is 9.63. The van der Waals surface area contributed by atoms with Gasteiger partial charge in [0.15, 0.2) is 5.78 Å². The fourth-order valence-corrected chi connectivity index (χ4v) is 5.42. The summed E-state index contributed by atoms with van der Waals surface area (Å²) in [6, 6.07) is 4.05. The molecule has 0 aromatic carbocycles. The minimum absolute atomic E-state index is 0. The molecule has 1 saturated carbocycles. The van der Waals surface area contributed by atoms with Crippen molar-refractivity contribution in [1.82, 2.24) is 0 Å². The van der Waals surface area contributed by atoms with Crippen molar-refractivity contribution in [3.63, 3.8) is 0 Å². The molecule has 6 radical (unpaired) electrons. The Morgan fingerprint density at radius 2 is 1.00 bits per heavy atom. The van der Waals surface area contributed by atoms with E-state index in [-0.39, 0.29) is 31.7 Å². The van der Waals surface area contributed by atoms with Crippen molar-refractivity contribution < 1.29 is 53.6 Å². The number of rotatable bonds is 22. The number of aryl methyl sites for hydroxylation is 1. The van der Waals surface area contributed by atoms with Crippen LogP contribution in [0.3, 0.4) is 0 Å². The number of aliphatic carboxylic acids is 1. The third kappa shape index (κ3) is 24.9. The summed E-state index contributed by atoms with van der Waals surface area (Å²) in [5.74, 6) is 0.624. The average Bonchev–Trinajstić information content (AvgIpc) is 3.71. The summed E-state index contributed by atoms with van der Waals surface area (Å²) in [5, 5.41) is 8.61. The Morgan fingerprint density at radius 1 is 0.595 bits per heavy atom. The van der Waals surface area contributed by atoms with Crippen molar-refractivity contribution in [2.24, 2.45) is 0 Å². The molecule has 0 aliphatic heterocycles. The molecule has 230 valence electrons. The Hall–Kier alpha value is -1.62. The van der Waals surface area contributed by atoms with Crippen LogP contribution in [0.4, 0.5) is 0 Å². The van der Waals surface area contributed by atoms with Gasteiger partial charge in [0.1, 0.15) is 5.78 Å². The Kier molecular flexibility index (Phi) is 36.1. The van der Waals surface area contributed by atoms with Crippen molar-refractivity contribution >= 4 is 28.9 Å². The van der Waals surface area contributed by atoms with E-state index in [0.29, 0.717) is 19.3 Å². The van der Waals surface area contributed by atoms with Gasteiger partial charge in [-0.15, -0.1) is 11.3 Å². The zero-order valence-electron chi connectivity index (χ0n) is 24.4. The zero-order chi connectivity index (χ0) is 31.1. The molecule has 0 saturated heterocycles. The number of unbranched alkanes of at least 4 members (excludes halogenated alkanes) is 12. The number of carbonyl (C=O) groups is 3. The van der Waals surface area contributed by atoms with Gasteiger partial charge in [-0.1, -0.05) is 64.2 Å². The van der Waals surface area contributed by atoms with E-state index in [9.17, 15) is 14.4 Å². The van der Waals surface area contributed by atoms with Crippen LogP contribution in [0.2, 0.25) is 0 Å². The predicted molar refractivity (Wildman–Crippen MR) is 156 cm³/mol. The van der Waals surface area contributed by atoms with E-state index in [1.165, 1.54) is 49.8 Å². The van der Waals surface area contributed by atoms with E-state index in [0.717, 1.165) is 62.2 Å². The number of hydrogen-bond acceptors (Lipinski definition) is 4. The molecule has 9 heteroatoms. The standard InChI is InChI=1S/C30H43O4S.3CO.Tc/c31-27(25-17-13-14-18-25)20-16-15-19-26-23-24-29(35-26)28(32)21-11-9-7-5-3-1-2-4-6-8-10-12-22-30(33)34;3*1-2;/h13-14,17-18,23-24H,1-12,15-16,19-22H2,(H,33,34);;;;/i;;;;1+1. The zero-order valence-corrected chi connectivity index (χ0v) is 27.0. The molecule has 1 aromatic rings. The van der Waals surface area contributed by atoms with E-state index in [2.05, 4.69) is 26.0 Å². The average molecular weight is 683 g/mol. The molecule has 0 atom stereocenters. The summed E-state index contributed by atoms with van der Waals surface area (Å²) >= 11 is 1.62. The van der Waals surface area contributed by atoms with Crippen molar-refractivity contribution in [3.8, 4) is 0 Å². The number of carboxylic acid groups (broad SMARTS) is 1. The Bertz CT molecular complexity index is 855. The summed E-state index contributed by atoms with van der Waals surface area (Å²) in [4.78, 5) is 37.1. The normalized spacial score (nSPS) is 11.8. The van der Waals surface area contributed by atoms with Crippen LogP contribution in [0.1, 0.15) is 124 Å². The summed E-state index contributed by atoms with van der Waals surface area (Å²) in [6.07, 6.45) is 25.8. The van der Waals surface area contributed by atoms with Gasteiger partial charge in [-0.3, -0.25) is 14.4 Å². The van der Waals surface area contributed by atoms with Gasteiger partial charge in [0.2, 0.25) is 0 Å². The molecular formula is C33H43O7STc. The Morgan fingerprint density at radius 3 is 1.48 bits per heavy atom. The van der Waals surface area contributed by atoms with Crippen molar-refractivity contribution in [2.45, 2.75) is 116 Å². The van der Waals surface area contributed by atoms with Gasteiger partial charge in [0, 0.05) is 50.2 Å². The van der Waals surface area contributed by atoms with Crippen molar-refractivity contribution in [3.05, 3.63) is 73.4 Å². The minimum atomic E-state index is -0.683. The van der Waals surface area contributed by atoms with Crippen LogP contribution >= 0.6 is 11.3 Å². The van der Waals surface area contributed by atoms with Gasteiger partial charge in [0.05, 0.1) is 4.88 Å². The van der Waals surface area contributed by atoms with Crippen LogP contribution < -0.4 is 0 Å². The quantitative estimate of drug-likeness (QED) is 0.0574. The van der Waals surface area contributed by atoms with Crippen LogP contribution in [0.25, 0.3) is 0 Å². The molecule has 0 spiro atoms. The molecule has 2 rings (SSSR count). The third-order valence-electron chi connectivity index (χ3n) is 6.54. The number of hydrogen-bond donors (Lipinski definition) is 1. The summed E-state index contributed by atoms with van der Waals surface area (Å²) in [6.45, 7) is 13.5. The number of carboxylic acids is 1. The molecule has 0 bridgehead atoms. The first-order valence-corrected chi connectivity index (χ1v) is 15.1. The van der Waals surface area contributed by atoms with Crippen LogP contribution in [-0.4, -0.2) is 22.6 Å². The molecule has 1 aromatic heterocycles. The van der Waals surface area contributed by atoms with Gasteiger partial charge in [-0.25, -0.2) is 0 Å². The second-order valence-corrected chi connectivity index (χ2v) is 10.8. The van der Waals surface area contributed by atoms with Gasteiger partial charge in [-0.2, -0.15) is 0 Å². The summed E-state index contributed by atoms with van der Waals surface area (Å²) in [7, 11) is 0. The van der Waals surface area contributed by atoms with Crippen LogP contribution in [-0.2, 0) is 50.1 Å². The monoisotopic (exact) mass is 682 g/mol. The fourth-order valence-electron chi connectivity index (χ4n) is 4.40. The van der Waals surface area contributed by atoms with E-state index in [1.54, 1.807) is 11.3 Å². The molecule has 7 nitrogen and oxygen atoms in total. The molecule has 1 aliphatic rings. The van der Waals surface area contributed by atoms with Gasteiger partial charge in [0.25, 0.3) is 0 Å². The first-order chi connectivity index (χ1) is 20.1. The molecule has 0 unspecified atom stereocenters. The van der Waals surface area contributed by atoms with Gasteiger partial charge in [-0.05, 0) is 69.9 Å². The molecule has 1 heterocycles. The number of carbonyl (C=O) groups excluding carboxylic acids is 2. The van der Waals surface area contributed by atoms with Crippen LogP contribution in [0.5, 0.6) is 0 Å². The first-order valence-electron chi connectivity index (χ1n) is 14.3. The van der Waals surface area contributed by atoms with Crippen LogP contribution in [0.15, 0.2) is 12.1 Å². The van der Waals surface area contributed by atoms with E-state index >= 15 is 0 Å². The summed E-state index contributed by atoms with van der Waals surface area (Å²) in [5.41, 5.74) is 0. The Balaban J connectivity index is -0.00000203. The van der Waals surface area contributed by atoms with Gasteiger partial charge < -0.3 is 5.11 Å². The Labute approximate surface area is 270 Å². The SMILES string of the molecule is O=C(O)CCCCCCCCCCCCCCC(=O)c1ccc(CCCCC(=O)[C]2[CH][CH][CH][CH]2)s1.[99Tc].[C-]#[O+].[C-]#[O+].[C-]#[O+]. The van der Waals surface area contributed by atoms with E-state index < -0.39 is 5.97 Å². The van der Waals surface area contributed by atoms with Gasteiger partial charge >= 0.3 is 39.9 Å². The maximum atomic E-state index is 12.5. The summed E-state index contributed by atoms with van der Waals surface area (Å²) < 4.78 is 22.5. The van der Waals surface area contributed by atoms with E-state index in [4.69, 9.17) is 19.1 Å². The number of thiophene rings is 1. The second kappa shape index (κ2) is 33.9. The number of ketones is 2.